The van der Waals surface area contributed by atoms with Gasteiger partial charge in [0.15, 0.2) is 10.7 Å². The average molecular weight is 669 g/mol. The molecule has 0 bridgehead atoms. The van der Waals surface area contributed by atoms with Crippen molar-refractivity contribution < 1.29 is 28.2 Å². The number of hydrogen-bond acceptors (Lipinski definition) is 4. The van der Waals surface area contributed by atoms with E-state index in [0.29, 0.717) is 17.7 Å². The van der Waals surface area contributed by atoms with Gasteiger partial charge in [0, 0.05) is 12.8 Å². The standard InChI is InChI=1S/2C16H32O2.C7H8O2S/c2*1-2-3-4-5-6-7-8-9-10-11-12-13-14-15-16(17)18;1-6-2-4-7(5-3-6)10(8)9/h2*2-15H2,1H3,(H,17,18);2-5,10H,1H3. The Morgan fingerprint density at radius 1 is 0.457 bits per heavy atom. The second-order valence-corrected chi connectivity index (χ2v) is 13.9. The molecule has 0 aliphatic rings. The van der Waals surface area contributed by atoms with E-state index in [2.05, 4.69) is 13.8 Å². The minimum atomic E-state index is -2.41. The molecule has 46 heavy (non-hydrogen) atoms. The summed E-state index contributed by atoms with van der Waals surface area (Å²) in [5, 5.41) is 17.0. The fraction of sp³-hybridized carbons (Fsp3) is 0.795. The molecule has 270 valence electrons. The highest BCUT2D eigenvalue weighted by Crippen LogP contribution is 2.14. The molecule has 0 aliphatic carbocycles. The van der Waals surface area contributed by atoms with E-state index in [4.69, 9.17) is 10.2 Å². The smallest absolute Gasteiger partial charge is 0.303 e. The summed E-state index contributed by atoms with van der Waals surface area (Å²) in [5.41, 5.74) is 1.07. The number of aryl methyl sites for hydroxylation is 1. The predicted molar refractivity (Wildman–Crippen MR) is 196 cm³/mol. The topological polar surface area (TPSA) is 109 Å². The molecule has 1 rings (SSSR count). The summed E-state index contributed by atoms with van der Waals surface area (Å²) < 4.78 is 20.7. The second kappa shape index (κ2) is 37.6. The molecule has 0 fully saturated rings. The van der Waals surface area contributed by atoms with Crippen molar-refractivity contribution in [1.29, 1.82) is 0 Å². The molecule has 7 heteroatoms. The zero-order chi connectivity index (χ0) is 34.5. The van der Waals surface area contributed by atoms with Gasteiger partial charge in [0.1, 0.15) is 0 Å². The summed E-state index contributed by atoms with van der Waals surface area (Å²) in [4.78, 5) is 21.0. The van der Waals surface area contributed by atoms with Crippen molar-refractivity contribution in [2.45, 2.75) is 205 Å². The van der Waals surface area contributed by atoms with Crippen molar-refractivity contribution in [3.8, 4) is 0 Å². The molecule has 6 nitrogen and oxygen atoms in total. The number of thiol groups is 1. The number of carboxylic acid groups (broad SMARTS) is 2. The van der Waals surface area contributed by atoms with Crippen molar-refractivity contribution in [3.63, 3.8) is 0 Å². The van der Waals surface area contributed by atoms with Gasteiger partial charge in [0.2, 0.25) is 0 Å². The van der Waals surface area contributed by atoms with Gasteiger partial charge in [-0.3, -0.25) is 9.59 Å². The first-order valence-electron chi connectivity index (χ1n) is 18.9. The minimum absolute atomic E-state index is 0.345. The van der Waals surface area contributed by atoms with Crippen LogP contribution >= 0.6 is 0 Å². The molecule has 1 aromatic carbocycles. The van der Waals surface area contributed by atoms with Gasteiger partial charge in [-0.1, -0.05) is 186 Å². The van der Waals surface area contributed by atoms with E-state index in [-0.39, 0.29) is 0 Å². The predicted octanol–water partition coefficient (Wildman–Crippen LogP) is 12.1. The van der Waals surface area contributed by atoms with Gasteiger partial charge < -0.3 is 10.2 Å². The zero-order valence-electron chi connectivity index (χ0n) is 30.1. The van der Waals surface area contributed by atoms with E-state index in [1.807, 2.05) is 6.92 Å². The van der Waals surface area contributed by atoms with Crippen LogP contribution in [-0.2, 0) is 20.3 Å². The quantitative estimate of drug-likeness (QED) is 0.0579. The lowest BCUT2D eigenvalue weighted by Crippen LogP contribution is -1.93. The molecule has 0 aromatic heterocycles. The Kier molecular flexibility index (Phi) is 37.8. The van der Waals surface area contributed by atoms with E-state index in [9.17, 15) is 18.0 Å². The maximum atomic E-state index is 10.3. The van der Waals surface area contributed by atoms with Gasteiger partial charge in [-0.15, -0.1) is 0 Å². The van der Waals surface area contributed by atoms with Crippen LogP contribution < -0.4 is 0 Å². The summed E-state index contributed by atoms with van der Waals surface area (Å²) >= 11 is 0. The van der Waals surface area contributed by atoms with Crippen LogP contribution in [0.15, 0.2) is 29.2 Å². The lowest BCUT2D eigenvalue weighted by Gasteiger charge is -2.02. The van der Waals surface area contributed by atoms with Crippen LogP contribution in [0.25, 0.3) is 0 Å². The van der Waals surface area contributed by atoms with E-state index in [1.54, 1.807) is 24.3 Å². The molecule has 0 aliphatic heterocycles. The number of unbranched alkanes of at least 4 members (excludes halogenated alkanes) is 24. The molecule has 0 amide bonds. The number of carboxylic acids is 2. The SMILES string of the molecule is CCCCCCCCCCCCCCCC(=O)O.CCCCCCCCCCCCCCCC(=O)O.Cc1ccc([SH](=O)=O)cc1. The average Bonchev–Trinajstić information content (AvgIpc) is 3.02. The lowest BCUT2D eigenvalue weighted by molar-refractivity contribution is -0.138. The molecule has 0 atom stereocenters. The highest BCUT2D eigenvalue weighted by molar-refractivity contribution is 7.72. The van der Waals surface area contributed by atoms with Gasteiger partial charge in [0.05, 0.1) is 4.90 Å². The number of hydrogen-bond donors (Lipinski definition) is 3. The Morgan fingerprint density at radius 2 is 0.696 bits per heavy atom. The second-order valence-electron chi connectivity index (χ2n) is 12.9. The molecule has 0 radical (unpaired) electrons. The molecule has 0 saturated carbocycles. The molecule has 1 aromatic rings. The van der Waals surface area contributed by atoms with E-state index >= 15 is 0 Å². The fourth-order valence-electron chi connectivity index (χ4n) is 5.25. The van der Waals surface area contributed by atoms with E-state index in [1.165, 1.54) is 141 Å². The van der Waals surface area contributed by atoms with Crippen molar-refractivity contribution in [2.24, 2.45) is 0 Å². The highest BCUT2D eigenvalue weighted by atomic mass is 32.2. The number of benzene rings is 1. The van der Waals surface area contributed by atoms with Crippen LogP contribution in [0.1, 0.15) is 199 Å². The third kappa shape index (κ3) is 40.1. The normalized spacial score (nSPS) is 10.6. The number of rotatable bonds is 29. The fourth-order valence-corrected chi connectivity index (χ4v) is 5.65. The summed E-state index contributed by atoms with van der Waals surface area (Å²) in [6, 6.07) is 6.75. The third-order valence-electron chi connectivity index (χ3n) is 8.23. The maximum absolute atomic E-state index is 10.3. The molecule has 0 heterocycles. The van der Waals surface area contributed by atoms with Crippen LogP contribution in [0.4, 0.5) is 0 Å². The van der Waals surface area contributed by atoms with Crippen LogP contribution in [0.2, 0.25) is 0 Å². The molecule has 0 spiro atoms. The maximum Gasteiger partial charge on any atom is 0.303 e. The van der Waals surface area contributed by atoms with Gasteiger partial charge in [0.25, 0.3) is 0 Å². The Hall–Kier alpha value is -1.89. The molecule has 0 unspecified atom stereocenters. The van der Waals surface area contributed by atoms with Crippen LogP contribution in [0, 0.1) is 6.92 Å². The van der Waals surface area contributed by atoms with E-state index in [0.717, 1.165) is 31.2 Å². The Labute approximate surface area is 285 Å². The Bertz CT molecular complexity index is 818. The molecular formula is C39H72O6S. The van der Waals surface area contributed by atoms with Crippen LogP contribution in [0.5, 0.6) is 0 Å². The molecule has 2 N–H and O–H groups in total. The third-order valence-corrected chi connectivity index (χ3v) is 8.95. The molecular weight excluding hydrogens is 596 g/mol. The van der Waals surface area contributed by atoms with Crippen LogP contribution in [-0.4, -0.2) is 30.6 Å². The summed E-state index contributed by atoms with van der Waals surface area (Å²) in [6.45, 7) is 6.44. The monoisotopic (exact) mass is 669 g/mol. The number of aliphatic carboxylic acids is 2. The summed E-state index contributed by atoms with van der Waals surface area (Å²) in [7, 11) is -2.41. The van der Waals surface area contributed by atoms with Crippen molar-refractivity contribution in [3.05, 3.63) is 29.8 Å². The first kappa shape index (κ1) is 46.2. The first-order valence-corrected chi connectivity index (χ1v) is 20.1. The van der Waals surface area contributed by atoms with Gasteiger partial charge in [-0.05, 0) is 31.9 Å². The van der Waals surface area contributed by atoms with Crippen molar-refractivity contribution >= 4 is 22.6 Å². The first-order chi connectivity index (χ1) is 22.2. The van der Waals surface area contributed by atoms with Crippen LogP contribution in [0.3, 0.4) is 0 Å². The summed E-state index contributed by atoms with van der Waals surface area (Å²) in [6.07, 6.45) is 34.5. The van der Waals surface area contributed by atoms with E-state index < -0.39 is 22.6 Å². The zero-order valence-corrected chi connectivity index (χ0v) is 31.0. The highest BCUT2D eigenvalue weighted by Gasteiger charge is 1.98. The minimum Gasteiger partial charge on any atom is -0.481 e. The lowest BCUT2D eigenvalue weighted by atomic mass is 10.0. The van der Waals surface area contributed by atoms with Crippen molar-refractivity contribution in [2.75, 3.05) is 0 Å². The Balaban J connectivity index is 0. The Morgan fingerprint density at radius 3 is 0.913 bits per heavy atom. The van der Waals surface area contributed by atoms with Crippen molar-refractivity contribution in [1.82, 2.24) is 0 Å². The number of carbonyl (C=O) groups is 2. The van der Waals surface area contributed by atoms with Gasteiger partial charge >= 0.3 is 11.9 Å². The van der Waals surface area contributed by atoms with Gasteiger partial charge in [-0.25, -0.2) is 8.42 Å². The molecule has 0 saturated heterocycles. The largest absolute Gasteiger partial charge is 0.481 e. The van der Waals surface area contributed by atoms with Gasteiger partial charge in [-0.2, -0.15) is 0 Å². The summed E-state index contributed by atoms with van der Waals surface area (Å²) in [5.74, 6) is -1.31.